The van der Waals surface area contributed by atoms with Gasteiger partial charge in [-0.1, -0.05) is 53.5 Å². The summed E-state index contributed by atoms with van der Waals surface area (Å²) in [5.74, 6) is -0.405. The second-order valence-corrected chi connectivity index (χ2v) is 9.79. The minimum Gasteiger partial charge on any atom is -0.438 e. The molecular formula is C23H17Cl2FN2O3S. The number of hydrogen-bond donors (Lipinski definition) is 1. The van der Waals surface area contributed by atoms with Crippen molar-refractivity contribution in [1.82, 2.24) is 4.98 Å². The molecule has 0 amide bonds. The molecule has 0 fully saturated rings. The van der Waals surface area contributed by atoms with Crippen molar-refractivity contribution < 1.29 is 17.2 Å². The summed E-state index contributed by atoms with van der Waals surface area (Å²) in [6.45, 7) is 1.85. The molecule has 1 aromatic heterocycles. The van der Waals surface area contributed by atoms with Gasteiger partial charge in [0.1, 0.15) is 5.82 Å². The minimum atomic E-state index is -4.17. The number of benzene rings is 3. The number of hydrogen-bond acceptors (Lipinski definition) is 5. The Morgan fingerprint density at radius 1 is 1.00 bits per heavy atom. The van der Waals surface area contributed by atoms with Crippen molar-refractivity contribution in [2.45, 2.75) is 22.9 Å². The summed E-state index contributed by atoms with van der Waals surface area (Å²) in [5.41, 5.74) is 8.28. The van der Waals surface area contributed by atoms with Crippen molar-refractivity contribution in [3.63, 3.8) is 0 Å². The number of nitrogens with two attached hydrogens (primary N) is 1. The summed E-state index contributed by atoms with van der Waals surface area (Å²) in [6, 6.07) is 15.6. The highest BCUT2D eigenvalue weighted by atomic mass is 35.5. The molecule has 5 nitrogen and oxygen atoms in total. The number of nitrogens with zero attached hydrogens (tertiary/aromatic N) is 1. The van der Waals surface area contributed by atoms with Gasteiger partial charge in [0.05, 0.1) is 21.0 Å². The van der Waals surface area contributed by atoms with E-state index >= 15 is 0 Å². The maximum atomic E-state index is 13.5. The molecule has 9 heteroatoms. The lowest BCUT2D eigenvalue weighted by atomic mass is 10.1. The first-order valence-electron chi connectivity index (χ1n) is 9.46. The van der Waals surface area contributed by atoms with Gasteiger partial charge in [0.15, 0.2) is 5.76 Å². The lowest BCUT2D eigenvalue weighted by molar-refractivity contribution is 0.486. The molecule has 32 heavy (non-hydrogen) atoms. The summed E-state index contributed by atoms with van der Waals surface area (Å²) < 4.78 is 46.3. The molecule has 1 unspecified atom stereocenters. The molecule has 4 rings (SSSR count). The normalized spacial score (nSPS) is 12.7. The summed E-state index contributed by atoms with van der Waals surface area (Å²) >= 11 is 12.0. The van der Waals surface area contributed by atoms with Crippen LogP contribution in [0.1, 0.15) is 22.9 Å². The average Bonchev–Trinajstić information content (AvgIpc) is 3.22. The van der Waals surface area contributed by atoms with E-state index < -0.39 is 21.7 Å². The van der Waals surface area contributed by atoms with Gasteiger partial charge in [-0.15, -0.1) is 0 Å². The van der Waals surface area contributed by atoms with Crippen LogP contribution in [0.5, 0.6) is 0 Å². The lowest BCUT2D eigenvalue weighted by Crippen LogP contribution is -2.15. The Kier molecular flexibility index (Phi) is 6.09. The predicted molar refractivity (Wildman–Crippen MR) is 121 cm³/mol. The Balaban J connectivity index is 1.92. The van der Waals surface area contributed by atoms with Crippen molar-refractivity contribution in [3.8, 4) is 11.5 Å². The zero-order valence-corrected chi connectivity index (χ0v) is 19.0. The fourth-order valence-electron chi connectivity index (χ4n) is 3.21. The van der Waals surface area contributed by atoms with Gasteiger partial charge in [-0.2, -0.15) is 4.98 Å². The fourth-order valence-corrected chi connectivity index (χ4v) is 4.96. The predicted octanol–water partition coefficient (Wildman–Crippen LogP) is 5.98. The van der Waals surface area contributed by atoms with Crippen LogP contribution < -0.4 is 5.73 Å². The van der Waals surface area contributed by atoms with E-state index in [1.165, 1.54) is 42.5 Å². The van der Waals surface area contributed by atoms with Crippen molar-refractivity contribution in [2.75, 3.05) is 0 Å². The summed E-state index contributed by atoms with van der Waals surface area (Å²) in [6.07, 6.45) is 0. The van der Waals surface area contributed by atoms with Gasteiger partial charge in [0.2, 0.25) is 20.8 Å². The average molecular weight is 491 g/mol. The van der Waals surface area contributed by atoms with Gasteiger partial charge in [-0.25, -0.2) is 12.8 Å². The zero-order chi connectivity index (χ0) is 23.0. The van der Waals surface area contributed by atoms with Gasteiger partial charge in [-0.3, -0.25) is 0 Å². The third-order valence-corrected chi connectivity index (χ3v) is 7.38. The molecule has 0 aliphatic rings. The summed E-state index contributed by atoms with van der Waals surface area (Å²) in [4.78, 5) is 4.21. The summed E-state index contributed by atoms with van der Waals surface area (Å²) in [5, 5.41) is -0.0414. The van der Waals surface area contributed by atoms with E-state index in [2.05, 4.69) is 4.98 Å². The molecule has 1 heterocycles. The molecule has 164 valence electrons. The monoisotopic (exact) mass is 490 g/mol. The van der Waals surface area contributed by atoms with Crippen molar-refractivity contribution in [1.29, 1.82) is 0 Å². The highest BCUT2D eigenvalue weighted by molar-refractivity contribution is 7.91. The first-order valence-corrected chi connectivity index (χ1v) is 11.7. The molecule has 3 aromatic carbocycles. The molecule has 2 N–H and O–H groups in total. The van der Waals surface area contributed by atoms with Gasteiger partial charge >= 0.3 is 0 Å². The van der Waals surface area contributed by atoms with Crippen LogP contribution in [-0.2, 0) is 9.84 Å². The van der Waals surface area contributed by atoms with Crippen LogP contribution in [0.15, 0.2) is 81.1 Å². The molecule has 0 saturated heterocycles. The molecule has 0 aliphatic carbocycles. The number of rotatable bonds is 5. The van der Waals surface area contributed by atoms with Crippen LogP contribution >= 0.6 is 23.2 Å². The zero-order valence-electron chi connectivity index (χ0n) is 16.7. The molecule has 4 aromatic rings. The van der Waals surface area contributed by atoms with E-state index in [1.54, 1.807) is 12.1 Å². The van der Waals surface area contributed by atoms with Crippen LogP contribution in [-0.4, -0.2) is 13.4 Å². The Labute approximate surface area is 194 Å². The quantitative estimate of drug-likeness (QED) is 0.371. The van der Waals surface area contributed by atoms with Gasteiger partial charge in [0.25, 0.3) is 0 Å². The van der Waals surface area contributed by atoms with Crippen LogP contribution in [0.2, 0.25) is 10.0 Å². The topological polar surface area (TPSA) is 86.2 Å². The van der Waals surface area contributed by atoms with Crippen molar-refractivity contribution in [2.24, 2.45) is 5.73 Å². The highest BCUT2D eigenvalue weighted by Crippen LogP contribution is 2.36. The second kappa shape index (κ2) is 8.67. The Morgan fingerprint density at radius 3 is 2.34 bits per heavy atom. The van der Waals surface area contributed by atoms with Gasteiger partial charge < -0.3 is 10.2 Å². The number of oxazole rings is 1. The Bertz CT molecular complexity index is 1400. The van der Waals surface area contributed by atoms with Crippen LogP contribution in [0.4, 0.5) is 4.39 Å². The van der Waals surface area contributed by atoms with E-state index in [4.69, 9.17) is 33.4 Å². The Morgan fingerprint density at radius 2 is 1.69 bits per heavy atom. The van der Waals surface area contributed by atoms with Crippen LogP contribution in [0.25, 0.3) is 11.5 Å². The van der Waals surface area contributed by atoms with Crippen LogP contribution in [0, 0.1) is 12.7 Å². The molecule has 0 radical (unpaired) electrons. The third-order valence-electron chi connectivity index (χ3n) is 4.96. The van der Waals surface area contributed by atoms with E-state index in [0.717, 1.165) is 5.56 Å². The lowest BCUT2D eigenvalue weighted by Gasteiger charge is -2.11. The van der Waals surface area contributed by atoms with Crippen molar-refractivity contribution >= 4 is 33.0 Å². The molecule has 1 atom stereocenters. The largest absolute Gasteiger partial charge is 0.438 e. The molecule has 0 aliphatic heterocycles. The van der Waals surface area contributed by atoms with Crippen molar-refractivity contribution in [3.05, 3.63) is 99.5 Å². The SMILES string of the molecule is Cc1ccccc1-c1nc(S(=O)(=O)c2ccc(Cl)c(Cl)c2)c(C(N)c2ccc(F)cc2)o1. The molecule has 0 bridgehead atoms. The first-order chi connectivity index (χ1) is 15.2. The molecule has 0 spiro atoms. The number of aryl methyl sites for hydroxylation is 1. The van der Waals surface area contributed by atoms with E-state index in [-0.39, 0.29) is 31.6 Å². The first kappa shape index (κ1) is 22.5. The number of aromatic nitrogens is 1. The maximum absolute atomic E-state index is 13.5. The minimum absolute atomic E-state index is 0.0686. The standard InChI is InChI=1S/C23H17Cl2FN2O3S/c1-13-4-2-3-5-17(13)22-28-23(32(29,30)16-10-11-18(24)19(25)12-16)21(31-22)20(27)14-6-8-15(26)9-7-14/h2-12,20H,27H2,1H3. The van der Waals surface area contributed by atoms with Gasteiger partial charge in [0, 0.05) is 5.56 Å². The van der Waals surface area contributed by atoms with Crippen LogP contribution in [0.3, 0.4) is 0 Å². The van der Waals surface area contributed by atoms with E-state index in [1.807, 2.05) is 19.1 Å². The van der Waals surface area contributed by atoms with E-state index in [9.17, 15) is 12.8 Å². The number of halogens is 3. The third kappa shape index (κ3) is 4.17. The molecular weight excluding hydrogens is 474 g/mol. The molecule has 0 saturated carbocycles. The highest BCUT2D eigenvalue weighted by Gasteiger charge is 2.32. The van der Waals surface area contributed by atoms with Gasteiger partial charge in [-0.05, 0) is 54.4 Å². The van der Waals surface area contributed by atoms with E-state index in [0.29, 0.717) is 11.1 Å². The smallest absolute Gasteiger partial charge is 0.227 e. The Hall–Kier alpha value is -2.71. The fraction of sp³-hybridized carbons (Fsp3) is 0.0870. The summed E-state index contributed by atoms with van der Waals surface area (Å²) in [7, 11) is -4.17. The number of sulfone groups is 1. The maximum Gasteiger partial charge on any atom is 0.227 e. The second-order valence-electron chi connectivity index (χ2n) is 7.11.